The van der Waals surface area contributed by atoms with Gasteiger partial charge < -0.3 is 9.47 Å². The van der Waals surface area contributed by atoms with Gasteiger partial charge in [0.1, 0.15) is 24.7 Å². The molecule has 2 nitrogen and oxygen atoms in total. The van der Waals surface area contributed by atoms with E-state index in [0.717, 1.165) is 24.3 Å². The third-order valence-corrected chi connectivity index (χ3v) is 5.84. The lowest BCUT2D eigenvalue weighted by atomic mass is 9.55. The lowest BCUT2D eigenvalue weighted by molar-refractivity contribution is 0.127. The standard InChI is InChI=1S/C27H30O2/c1-6-16-28-24-12-8-22(9-13-24)27(19-21(3)18-26(4,5)20-27)23-10-14-25(15-11-23)29-17-7-2/h1-2,8-15,21H,16-20H2,3-5H3. The molecule has 150 valence electrons. The Morgan fingerprint density at radius 1 is 0.828 bits per heavy atom. The molecule has 0 spiro atoms. The van der Waals surface area contributed by atoms with Gasteiger partial charge in [-0.1, -0.05) is 56.9 Å². The Hall–Kier alpha value is -2.84. The van der Waals surface area contributed by atoms with Crippen LogP contribution in [0.1, 0.15) is 51.2 Å². The average Bonchev–Trinajstić information content (AvgIpc) is 2.70. The molecule has 0 aromatic heterocycles. The van der Waals surface area contributed by atoms with E-state index in [0.29, 0.717) is 5.92 Å². The van der Waals surface area contributed by atoms with Gasteiger partial charge in [0.25, 0.3) is 0 Å². The summed E-state index contributed by atoms with van der Waals surface area (Å²) in [6.07, 6.45) is 14.1. The third kappa shape index (κ3) is 4.78. The van der Waals surface area contributed by atoms with Crippen LogP contribution in [-0.2, 0) is 5.41 Å². The first-order chi connectivity index (χ1) is 13.9. The Morgan fingerprint density at radius 3 is 1.66 bits per heavy atom. The summed E-state index contributed by atoms with van der Waals surface area (Å²) in [5.74, 6) is 7.28. The van der Waals surface area contributed by atoms with Crippen molar-refractivity contribution in [2.75, 3.05) is 13.2 Å². The monoisotopic (exact) mass is 386 g/mol. The predicted molar refractivity (Wildman–Crippen MR) is 119 cm³/mol. The van der Waals surface area contributed by atoms with Crippen LogP contribution in [0.15, 0.2) is 48.5 Å². The fourth-order valence-corrected chi connectivity index (χ4v) is 5.17. The van der Waals surface area contributed by atoms with Crippen molar-refractivity contribution in [3.05, 3.63) is 59.7 Å². The van der Waals surface area contributed by atoms with Gasteiger partial charge in [-0.25, -0.2) is 0 Å². The van der Waals surface area contributed by atoms with Crippen molar-refractivity contribution in [1.82, 2.24) is 0 Å². The first-order valence-corrected chi connectivity index (χ1v) is 10.2. The Balaban J connectivity index is 2.01. The molecule has 0 heterocycles. The van der Waals surface area contributed by atoms with Gasteiger partial charge in [-0.2, -0.15) is 0 Å². The molecule has 0 aliphatic heterocycles. The van der Waals surface area contributed by atoms with Crippen molar-refractivity contribution in [1.29, 1.82) is 0 Å². The highest BCUT2D eigenvalue weighted by Crippen LogP contribution is 2.53. The van der Waals surface area contributed by atoms with Crippen LogP contribution in [-0.4, -0.2) is 13.2 Å². The van der Waals surface area contributed by atoms with Crippen LogP contribution in [0.5, 0.6) is 11.5 Å². The van der Waals surface area contributed by atoms with Gasteiger partial charge in [-0.3, -0.25) is 0 Å². The second-order valence-electron chi connectivity index (χ2n) is 8.97. The highest BCUT2D eigenvalue weighted by atomic mass is 16.5. The van der Waals surface area contributed by atoms with E-state index in [4.69, 9.17) is 22.3 Å². The number of ether oxygens (including phenoxy) is 2. The first kappa shape index (κ1) is 20.9. The number of benzene rings is 2. The first-order valence-electron chi connectivity index (χ1n) is 10.2. The fraction of sp³-hybridized carbons (Fsp3) is 0.407. The molecular weight excluding hydrogens is 356 g/mol. The second-order valence-corrected chi connectivity index (χ2v) is 8.97. The van der Waals surface area contributed by atoms with Crippen LogP contribution in [0.25, 0.3) is 0 Å². The minimum absolute atomic E-state index is 0.0452. The lowest BCUT2D eigenvalue weighted by Crippen LogP contribution is -2.41. The summed E-state index contributed by atoms with van der Waals surface area (Å²) < 4.78 is 11.2. The molecule has 1 fully saturated rings. The van der Waals surface area contributed by atoms with E-state index < -0.39 is 0 Å². The van der Waals surface area contributed by atoms with Gasteiger partial charge in [0.2, 0.25) is 0 Å². The smallest absolute Gasteiger partial charge is 0.148 e. The van der Waals surface area contributed by atoms with Gasteiger partial charge in [0.05, 0.1) is 0 Å². The minimum atomic E-state index is -0.0452. The lowest BCUT2D eigenvalue weighted by Gasteiger charge is -2.48. The maximum absolute atomic E-state index is 5.58. The molecular formula is C27H30O2. The molecule has 1 aliphatic rings. The predicted octanol–water partition coefficient (Wildman–Crippen LogP) is 5.84. The zero-order valence-electron chi connectivity index (χ0n) is 17.7. The van der Waals surface area contributed by atoms with Gasteiger partial charge in [0.15, 0.2) is 0 Å². The number of hydrogen-bond acceptors (Lipinski definition) is 2. The maximum atomic E-state index is 5.58. The number of terminal acetylenes is 2. The van der Waals surface area contributed by atoms with Crippen LogP contribution < -0.4 is 9.47 Å². The molecule has 1 atom stereocenters. The van der Waals surface area contributed by atoms with E-state index in [2.05, 4.69) is 56.9 Å². The van der Waals surface area contributed by atoms with Crippen molar-refractivity contribution in [2.24, 2.45) is 11.3 Å². The van der Waals surface area contributed by atoms with Crippen molar-refractivity contribution in [3.8, 4) is 36.2 Å². The molecule has 0 bridgehead atoms. The molecule has 1 aliphatic carbocycles. The summed E-state index contributed by atoms with van der Waals surface area (Å²) in [7, 11) is 0. The Morgan fingerprint density at radius 2 is 1.28 bits per heavy atom. The van der Waals surface area contributed by atoms with Crippen molar-refractivity contribution < 1.29 is 9.47 Å². The second kappa shape index (κ2) is 8.67. The Bertz CT molecular complexity index is 830. The normalized spacial score (nSPS) is 19.6. The van der Waals surface area contributed by atoms with Crippen LogP contribution in [0.4, 0.5) is 0 Å². The fourth-order valence-electron chi connectivity index (χ4n) is 5.17. The summed E-state index contributed by atoms with van der Waals surface area (Å²) in [5.41, 5.74) is 2.86. The zero-order chi connectivity index (χ0) is 20.9. The molecule has 2 aromatic rings. The molecule has 3 rings (SSSR count). The minimum Gasteiger partial charge on any atom is -0.481 e. The van der Waals surface area contributed by atoms with E-state index >= 15 is 0 Å². The number of hydrogen-bond donors (Lipinski definition) is 0. The van der Waals surface area contributed by atoms with E-state index in [1.807, 2.05) is 24.3 Å². The Kier molecular flexibility index (Phi) is 6.24. The summed E-state index contributed by atoms with van der Waals surface area (Å²) in [6, 6.07) is 16.9. The summed E-state index contributed by atoms with van der Waals surface area (Å²) >= 11 is 0. The molecule has 0 N–H and O–H groups in total. The molecule has 0 saturated heterocycles. The van der Waals surface area contributed by atoms with Crippen LogP contribution >= 0.6 is 0 Å². The third-order valence-electron chi connectivity index (χ3n) is 5.84. The van der Waals surface area contributed by atoms with Gasteiger partial charge in [-0.15, -0.1) is 12.8 Å². The van der Waals surface area contributed by atoms with E-state index in [-0.39, 0.29) is 24.0 Å². The Labute approximate surface area is 175 Å². The maximum Gasteiger partial charge on any atom is 0.148 e. The van der Waals surface area contributed by atoms with E-state index in [1.165, 1.54) is 17.5 Å². The largest absolute Gasteiger partial charge is 0.481 e. The molecule has 2 aromatic carbocycles. The molecule has 0 radical (unpaired) electrons. The molecule has 2 heteroatoms. The van der Waals surface area contributed by atoms with Gasteiger partial charge in [-0.05, 0) is 66.0 Å². The van der Waals surface area contributed by atoms with Crippen LogP contribution in [0.3, 0.4) is 0 Å². The van der Waals surface area contributed by atoms with Crippen LogP contribution in [0.2, 0.25) is 0 Å². The highest BCUT2D eigenvalue weighted by molar-refractivity contribution is 5.44. The topological polar surface area (TPSA) is 18.5 Å². The van der Waals surface area contributed by atoms with Crippen molar-refractivity contribution in [3.63, 3.8) is 0 Å². The molecule has 0 amide bonds. The quantitative estimate of drug-likeness (QED) is 0.580. The average molecular weight is 387 g/mol. The van der Waals surface area contributed by atoms with Crippen molar-refractivity contribution >= 4 is 0 Å². The summed E-state index contributed by atoms with van der Waals surface area (Å²) in [6.45, 7) is 7.70. The zero-order valence-corrected chi connectivity index (χ0v) is 17.7. The van der Waals surface area contributed by atoms with E-state index in [9.17, 15) is 0 Å². The molecule has 29 heavy (non-hydrogen) atoms. The van der Waals surface area contributed by atoms with Crippen LogP contribution in [0, 0.1) is 36.0 Å². The van der Waals surface area contributed by atoms with Gasteiger partial charge >= 0.3 is 0 Å². The van der Waals surface area contributed by atoms with Crippen molar-refractivity contribution in [2.45, 2.75) is 45.4 Å². The van der Waals surface area contributed by atoms with E-state index in [1.54, 1.807) is 0 Å². The summed E-state index contributed by atoms with van der Waals surface area (Å²) in [4.78, 5) is 0. The number of rotatable bonds is 6. The molecule has 1 unspecified atom stereocenters. The SMILES string of the molecule is C#CCOc1ccc(C2(c3ccc(OCC#C)cc3)CC(C)CC(C)(C)C2)cc1. The molecule has 1 saturated carbocycles. The summed E-state index contributed by atoms with van der Waals surface area (Å²) in [5, 5.41) is 0. The van der Waals surface area contributed by atoms with Gasteiger partial charge in [0, 0.05) is 5.41 Å². The highest BCUT2D eigenvalue weighted by Gasteiger charge is 2.45.